The van der Waals surface area contributed by atoms with Gasteiger partial charge in [-0.1, -0.05) is 0 Å². The van der Waals surface area contributed by atoms with Crippen LogP contribution in [0.1, 0.15) is 33.6 Å². The lowest BCUT2D eigenvalue weighted by Crippen LogP contribution is -2.57. The molecule has 17 heavy (non-hydrogen) atoms. The largest absolute Gasteiger partial charge is 0.363 e. The fourth-order valence-electron chi connectivity index (χ4n) is 2.90. The number of hydrogen-bond acceptors (Lipinski definition) is 3. The molecule has 0 saturated carbocycles. The third kappa shape index (κ3) is 2.80. The summed E-state index contributed by atoms with van der Waals surface area (Å²) < 4.78 is 5.78. The number of ether oxygens (including phenoxy) is 1. The molecule has 2 aliphatic heterocycles. The quantitative estimate of drug-likeness (QED) is 0.783. The van der Waals surface area contributed by atoms with Crippen LogP contribution >= 0.6 is 0 Å². The molecule has 0 aliphatic carbocycles. The van der Waals surface area contributed by atoms with Crippen LogP contribution in [-0.4, -0.2) is 48.7 Å². The van der Waals surface area contributed by atoms with E-state index in [1.165, 1.54) is 12.8 Å². The minimum atomic E-state index is -0.156. The number of nitrogens with one attached hydrogen (secondary N) is 1. The van der Waals surface area contributed by atoms with Gasteiger partial charge in [-0.2, -0.15) is 0 Å². The smallest absolute Gasteiger partial charge is 0.246 e. The summed E-state index contributed by atoms with van der Waals surface area (Å²) in [6, 6.07) is 0.635. The highest BCUT2D eigenvalue weighted by Gasteiger charge is 2.40. The summed E-state index contributed by atoms with van der Waals surface area (Å²) in [5, 5.41) is 2.93. The third-order valence-corrected chi connectivity index (χ3v) is 4.29. The van der Waals surface area contributed by atoms with Crippen molar-refractivity contribution < 1.29 is 9.53 Å². The summed E-state index contributed by atoms with van der Waals surface area (Å²) >= 11 is 0. The number of carbonyl (C=O) groups is 1. The van der Waals surface area contributed by atoms with Crippen molar-refractivity contribution in [3.8, 4) is 0 Å². The van der Waals surface area contributed by atoms with E-state index in [1.54, 1.807) is 0 Å². The van der Waals surface area contributed by atoms with Crippen LogP contribution < -0.4 is 5.32 Å². The predicted octanol–water partition coefficient (Wildman–Crippen LogP) is 1.01. The number of carbonyl (C=O) groups excluding carboxylic acids is 1. The van der Waals surface area contributed by atoms with E-state index in [2.05, 4.69) is 31.0 Å². The first-order valence-electron chi connectivity index (χ1n) is 6.66. The van der Waals surface area contributed by atoms with Gasteiger partial charge in [0.25, 0.3) is 0 Å². The molecular formula is C13H24N2O2. The van der Waals surface area contributed by atoms with Gasteiger partial charge in [-0.3, -0.25) is 4.79 Å². The molecule has 1 unspecified atom stereocenters. The maximum atomic E-state index is 11.1. The highest BCUT2D eigenvalue weighted by Crippen LogP contribution is 2.32. The number of amides is 1. The number of rotatable bonds is 2. The van der Waals surface area contributed by atoms with E-state index >= 15 is 0 Å². The molecule has 0 aromatic heterocycles. The van der Waals surface area contributed by atoms with Gasteiger partial charge < -0.3 is 15.0 Å². The Morgan fingerprint density at radius 1 is 1.41 bits per heavy atom. The second-order valence-electron chi connectivity index (χ2n) is 5.78. The van der Waals surface area contributed by atoms with Gasteiger partial charge in [-0.25, -0.2) is 0 Å². The van der Waals surface area contributed by atoms with Gasteiger partial charge in [-0.15, -0.1) is 0 Å². The summed E-state index contributed by atoms with van der Waals surface area (Å²) in [5.41, 5.74) is -0.156. The Bertz CT molecular complexity index is 273. The second-order valence-corrected chi connectivity index (χ2v) is 5.78. The third-order valence-electron chi connectivity index (χ3n) is 4.29. The summed E-state index contributed by atoms with van der Waals surface area (Å²) in [7, 11) is 0. The van der Waals surface area contributed by atoms with Gasteiger partial charge in [0.2, 0.25) is 5.91 Å². The Morgan fingerprint density at radius 3 is 2.53 bits per heavy atom. The molecule has 2 saturated heterocycles. The molecule has 4 nitrogen and oxygen atoms in total. The first kappa shape index (κ1) is 12.8. The molecule has 0 bridgehead atoms. The molecular weight excluding hydrogens is 216 g/mol. The van der Waals surface area contributed by atoms with Crippen molar-refractivity contribution in [2.75, 3.05) is 26.2 Å². The van der Waals surface area contributed by atoms with Crippen LogP contribution in [0.2, 0.25) is 0 Å². The Morgan fingerprint density at radius 2 is 2.06 bits per heavy atom. The molecule has 2 rings (SSSR count). The lowest BCUT2D eigenvalue weighted by molar-refractivity contribution is -0.151. The zero-order valence-corrected chi connectivity index (χ0v) is 11.2. The highest BCUT2D eigenvalue weighted by molar-refractivity contribution is 5.78. The van der Waals surface area contributed by atoms with Crippen molar-refractivity contribution >= 4 is 5.91 Å². The van der Waals surface area contributed by atoms with Crippen molar-refractivity contribution in [2.24, 2.45) is 5.92 Å². The average Bonchev–Trinajstić information content (AvgIpc) is 2.33. The second kappa shape index (κ2) is 4.94. The van der Waals surface area contributed by atoms with E-state index in [0.29, 0.717) is 18.5 Å². The Kier molecular flexibility index (Phi) is 3.73. The van der Waals surface area contributed by atoms with Gasteiger partial charge in [0.1, 0.15) is 6.61 Å². The fourth-order valence-corrected chi connectivity index (χ4v) is 2.90. The Balaban J connectivity index is 1.89. The molecule has 4 heteroatoms. The van der Waals surface area contributed by atoms with Crippen LogP contribution in [0.4, 0.5) is 0 Å². The Hall–Kier alpha value is -0.610. The summed E-state index contributed by atoms with van der Waals surface area (Å²) in [6.07, 6.45) is 2.34. The minimum absolute atomic E-state index is 0.0158. The molecule has 0 spiro atoms. The predicted molar refractivity (Wildman–Crippen MR) is 66.8 cm³/mol. The van der Waals surface area contributed by atoms with Gasteiger partial charge >= 0.3 is 0 Å². The summed E-state index contributed by atoms with van der Waals surface area (Å²) in [5.74, 6) is 0.584. The van der Waals surface area contributed by atoms with Gasteiger partial charge in [0.05, 0.1) is 5.60 Å². The van der Waals surface area contributed by atoms with Crippen LogP contribution in [0.5, 0.6) is 0 Å². The lowest BCUT2D eigenvalue weighted by atomic mass is 9.80. The molecule has 98 valence electrons. The number of likely N-dealkylation sites (tertiary alicyclic amines) is 1. The molecule has 0 radical (unpaired) electrons. The zero-order chi connectivity index (χ0) is 12.5. The van der Waals surface area contributed by atoms with Crippen LogP contribution in [0.15, 0.2) is 0 Å². The van der Waals surface area contributed by atoms with Crippen molar-refractivity contribution in [2.45, 2.75) is 45.3 Å². The maximum Gasteiger partial charge on any atom is 0.246 e. The van der Waals surface area contributed by atoms with E-state index in [-0.39, 0.29) is 18.1 Å². The van der Waals surface area contributed by atoms with Gasteiger partial charge in [-0.05, 0) is 52.6 Å². The topological polar surface area (TPSA) is 41.6 Å². The van der Waals surface area contributed by atoms with Crippen molar-refractivity contribution in [3.05, 3.63) is 0 Å². The van der Waals surface area contributed by atoms with E-state index in [4.69, 9.17) is 4.74 Å². The summed E-state index contributed by atoms with van der Waals surface area (Å²) in [6.45, 7) is 9.82. The van der Waals surface area contributed by atoms with Crippen molar-refractivity contribution in [3.63, 3.8) is 0 Å². The zero-order valence-electron chi connectivity index (χ0n) is 11.2. The van der Waals surface area contributed by atoms with E-state index in [0.717, 1.165) is 13.1 Å². The number of piperidine rings is 1. The molecule has 1 atom stereocenters. The number of hydrogen-bond donors (Lipinski definition) is 1. The van der Waals surface area contributed by atoms with Crippen LogP contribution in [-0.2, 0) is 9.53 Å². The van der Waals surface area contributed by atoms with Crippen LogP contribution in [0, 0.1) is 5.92 Å². The normalized spacial score (nSPS) is 32.8. The van der Waals surface area contributed by atoms with Crippen LogP contribution in [0.25, 0.3) is 0 Å². The SMILES string of the molecule is CC(C)N1CCC(C2(C)CNC(=O)CO2)CC1. The van der Waals surface area contributed by atoms with Crippen molar-refractivity contribution in [1.29, 1.82) is 0 Å². The molecule has 1 amide bonds. The minimum Gasteiger partial charge on any atom is -0.363 e. The first-order valence-corrected chi connectivity index (χ1v) is 6.66. The maximum absolute atomic E-state index is 11.1. The lowest BCUT2D eigenvalue weighted by Gasteiger charge is -2.45. The molecule has 0 aromatic rings. The first-order chi connectivity index (χ1) is 8.01. The molecule has 2 aliphatic rings. The highest BCUT2D eigenvalue weighted by atomic mass is 16.5. The molecule has 1 N–H and O–H groups in total. The standard InChI is InChI=1S/C13H24N2O2/c1-10(2)15-6-4-11(5-7-15)13(3)9-14-12(16)8-17-13/h10-11H,4-9H2,1-3H3,(H,14,16). The molecule has 2 fully saturated rings. The average molecular weight is 240 g/mol. The number of morpholine rings is 1. The van der Waals surface area contributed by atoms with E-state index < -0.39 is 0 Å². The monoisotopic (exact) mass is 240 g/mol. The van der Waals surface area contributed by atoms with Gasteiger partial charge in [0, 0.05) is 12.6 Å². The molecule has 0 aromatic carbocycles. The van der Waals surface area contributed by atoms with E-state index in [9.17, 15) is 4.79 Å². The Labute approximate surface area is 104 Å². The van der Waals surface area contributed by atoms with Gasteiger partial charge in [0.15, 0.2) is 0 Å². The molecule has 2 heterocycles. The fraction of sp³-hybridized carbons (Fsp3) is 0.923. The van der Waals surface area contributed by atoms with E-state index in [1.807, 2.05) is 0 Å². The summed E-state index contributed by atoms with van der Waals surface area (Å²) in [4.78, 5) is 13.6. The number of nitrogens with zero attached hydrogens (tertiary/aromatic N) is 1. The van der Waals surface area contributed by atoms with Crippen molar-refractivity contribution in [1.82, 2.24) is 10.2 Å². The van der Waals surface area contributed by atoms with Crippen LogP contribution in [0.3, 0.4) is 0 Å².